The smallest absolute Gasteiger partial charge is 0.274 e. The standard InChI is InChI=1S/C28H19FN4O4S/c29-20-3-1-2-4-21(20)32-26(36)24-23(16-7-11-18(35)12-8-16)19(14-30)25(31)33-27(37)22(38-28(24)33)13-15-5-9-17(34)10-6-15/h1-13,23,34-35H,31H2,(H,32,36)/b22-13-. The van der Waals surface area contributed by atoms with Crippen molar-refractivity contribution in [2.45, 2.75) is 5.92 Å². The van der Waals surface area contributed by atoms with E-state index in [4.69, 9.17) is 5.73 Å². The van der Waals surface area contributed by atoms with Gasteiger partial charge in [-0.25, -0.2) is 4.39 Å². The van der Waals surface area contributed by atoms with E-state index in [1.807, 2.05) is 6.07 Å². The van der Waals surface area contributed by atoms with Gasteiger partial charge in [0.2, 0.25) is 0 Å². The van der Waals surface area contributed by atoms with Gasteiger partial charge in [-0.05, 0) is 53.6 Å². The third kappa shape index (κ3) is 4.31. The first-order chi connectivity index (χ1) is 18.3. The number of hydrogen-bond donors (Lipinski definition) is 4. The van der Waals surface area contributed by atoms with E-state index in [1.54, 1.807) is 36.4 Å². The lowest BCUT2D eigenvalue weighted by Crippen LogP contribution is -2.40. The van der Waals surface area contributed by atoms with Gasteiger partial charge >= 0.3 is 0 Å². The van der Waals surface area contributed by atoms with Crippen LogP contribution in [0.25, 0.3) is 17.5 Å². The summed E-state index contributed by atoms with van der Waals surface area (Å²) in [5.41, 5.74) is 6.81. The summed E-state index contributed by atoms with van der Waals surface area (Å²) in [6, 6.07) is 19.8. The van der Waals surface area contributed by atoms with E-state index in [-0.39, 0.29) is 43.3 Å². The molecule has 0 aliphatic carbocycles. The van der Waals surface area contributed by atoms with Crippen LogP contribution in [0.3, 0.4) is 0 Å². The monoisotopic (exact) mass is 526 g/mol. The second-order valence-electron chi connectivity index (χ2n) is 8.43. The van der Waals surface area contributed by atoms with Crippen LogP contribution in [-0.4, -0.2) is 20.7 Å². The van der Waals surface area contributed by atoms with Crippen molar-refractivity contribution in [2.24, 2.45) is 5.73 Å². The number of phenolic OH excluding ortho intramolecular Hbond substituents is 2. The molecule has 3 aromatic carbocycles. The molecule has 4 aromatic rings. The molecular formula is C28H19FN4O4S. The molecule has 1 atom stereocenters. The van der Waals surface area contributed by atoms with Crippen LogP contribution >= 0.6 is 11.3 Å². The van der Waals surface area contributed by atoms with Crippen LogP contribution in [0.1, 0.15) is 17.0 Å². The normalized spacial score (nSPS) is 15.2. The highest BCUT2D eigenvalue weighted by atomic mass is 32.1. The number of carbonyl (C=O) groups is 1. The zero-order valence-corrected chi connectivity index (χ0v) is 20.4. The molecule has 0 radical (unpaired) electrons. The number of hydrogen-bond acceptors (Lipinski definition) is 7. The number of aromatic hydroxyl groups is 2. The van der Waals surface area contributed by atoms with E-state index >= 15 is 0 Å². The molecule has 8 nitrogen and oxygen atoms in total. The molecule has 1 unspecified atom stereocenters. The molecule has 1 aliphatic rings. The second-order valence-corrected chi connectivity index (χ2v) is 9.46. The molecule has 0 fully saturated rings. The summed E-state index contributed by atoms with van der Waals surface area (Å²) in [5, 5.41) is 32.0. The Balaban J connectivity index is 1.81. The van der Waals surface area contributed by atoms with Crippen molar-refractivity contribution in [2.75, 3.05) is 5.32 Å². The van der Waals surface area contributed by atoms with Crippen molar-refractivity contribution in [1.29, 1.82) is 5.26 Å². The number of nitriles is 1. The minimum absolute atomic E-state index is 0.0174. The van der Waals surface area contributed by atoms with Crippen molar-refractivity contribution in [3.63, 3.8) is 0 Å². The van der Waals surface area contributed by atoms with Gasteiger partial charge in [0, 0.05) is 0 Å². The molecule has 0 saturated heterocycles. The molecule has 10 heteroatoms. The molecule has 0 spiro atoms. The van der Waals surface area contributed by atoms with Gasteiger partial charge in [0.15, 0.2) is 0 Å². The molecular weight excluding hydrogens is 507 g/mol. The zero-order valence-electron chi connectivity index (χ0n) is 19.6. The molecule has 1 amide bonds. The van der Waals surface area contributed by atoms with Gasteiger partial charge in [-0.3, -0.25) is 14.2 Å². The van der Waals surface area contributed by atoms with Gasteiger partial charge in [-0.2, -0.15) is 5.26 Å². The number of allylic oxidation sites excluding steroid dienone is 1. The van der Waals surface area contributed by atoms with Crippen LogP contribution in [0.15, 0.2) is 83.2 Å². The van der Waals surface area contributed by atoms with Crippen molar-refractivity contribution in [3.05, 3.63) is 115 Å². The first kappa shape index (κ1) is 24.5. The number of anilines is 1. The molecule has 1 aromatic heterocycles. The molecule has 188 valence electrons. The predicted molar refractivity (Wildman–Crippen MR) is 142 cm³/mol. The molecule has 0 saturated carbocycles. The summed E-state index contributed by atoms with van der Waals surface area (Å²) in [5.74, 6) is -2.45. The number of aromatic nitrogens is 1. The molecule has 0 bridgehead atoms. The van der Waals surface area contributed by atoms with Crippen LogP contribution in [-0.2, 0) is 4.79 Å². The maximum absolute atomic E-state index is 14.4. The van der Waals surface area contributed by atoms with E-state index in [1.165, 1.54) is 42.5 Å². The summed E-state index contributed by atoms with van der Waals surface area (Å²) in [6.45, 7) is 0. The lowest BCUT2D eigenvalue weighted by molar-refractivity contribution is -0.111. The fourth-order valence-corrected chi connectivity index (χ4v) is 5.42. The molecule has 2 heterocycles. The minimum atomic E-state index is -0.994. The van der Waals surface area contributed by atoms with Crippen LogP contribution in [0.2, 0.25) is 0 Å². The average Bonchev–Trinajstić information content (AvgIpc) is 3.22. The van der Waals surface area contributed by atoms with Crippen LogP contribution < -0.4 is 25.8 Å². The number of phenols is 2. The lowest BCUT2D eigenvalue weighted by atomic mass is 9.83. The van der Waals surface area contributed by atoms with Gasteiger partial charge in [0.25, 0.3) is 11.5 Å². The minimum Gasteiger partial charge on any atom is -0.508 e. The Morgan fingerprint density at radius 3 is 2.32 bits per heavy atom. The second kappa shape index (κ2) is 9.72. The number of benzene rings is 3. The highest BCUT2D eigenvalue weighted by Gasteiger charge is 2.35. The third-order valence-electron chi connectivity index (χ3n) is 6.05. The van der Waals surface area contributed by atoms with E-state index in [0.717, 1.165) is 15.9 Å². The van der Waals surface area contributed by atoms with Crippen molar-refractivity contribution in [3.8, 4) is 17.6 Å². The third-order valence-corrected chi connectivity index (χ3v) is 7.16. The first-order valence-electron chi connectivity index (χ1n) is 11.3. The number of rotatable bonds is 4. The Bertz CT molecular complexity index is 1830. The lowest BCUT2D eigenvalue weighted by Gasteiger charge is -2.25. The highest BCUT2D eigenvalue weighted by Crippen LogP contribution is 2.37. The number of amides is 1. The summed E-state index contributed by atoms with van der Waals surface area (Å²) in [7, 11) is 0. The number of halogens is 1. The van der Waals surface area contributed by atoms with Crippen LogP contribution in [0.4, 0.5) is 10.1 Å². The maximum atomic E-state index is 14.4. The fourth-order valence-electron chi connectivity index (χ4n) is 4.24. The number of nitrogens with two attached hydrogens (primary N) is 1. The number of carbonyl (C=O) groups excluding carboxylic acids is 1. The Morgan fingerprint density at radius 2 is 1.68 bits per heavy atom. The number of nitrogens with one attached hydrogen (secondary N) is 1. The quantitative estimate of drug-likeness (QED) is 0.322. The Morgan fingerprint density at radius 1 is 1.05 bits per heavy atom. The number of thiazole rings is 1. The summed E-state index contributed by atoms with van der Waals surface area (Å²) in [6.07, 6.45) is 1.58. The van der Waals surface area contributed by atoms with Gasteiger partial charge in [0.1, 0.15) is 27.8 Å². The summed E-state index contributed by atoms with van der Waals surface area (Å²) in [4.78, 5) is 27.2. The van der Waals surface area contributed by atoms with Crippen molar-refractivity contribution < 1.29 is 19.4 Å². The largest absolute Gasteiger partial charge is 0.508 e. The zero-order chi connectivity index (χ0) is 27.0. The number of para-hydroxylation sites is 1. The van der Waals surface area contributed by atoms with Gasteiger partial charge < -0.3 is 21.3 Å². The summed E-state index contributed by atoms with van der Waals surface area (Å²) < 4.78 is 15.9. The van der Waals surface area contributed by atoms with E-state index in [0.29, 0.717) is 11.1 Å². The van der Waals surface area contributed by atoms with Crippen molar-refractivity contribution >= 4 is 40.4 Å². The first-order valence-corrected chi connectivity index (χ1v) is 12.1. The Hall–Kier alpha value is -5.14. The average molecular weight is 527 g/mol. The molecule has 5 rings (SSSR count). The molecule has 5 N–H and O–H groups in total. The number of fused-ring (bicyclic) bond motifs is 1. The van der Waals surface area contributed by atoms with E-state index in [9.17, 15) is 29.5 Å². The van der Waals surface area contributed by atoms with Gasteiger partial charge in [-0.15, -0.1) is 11.3 Å². The SMILES string of the molecule is N#CC1=C(N)n2c(s/c(=C\c3ccc(O)cc3)c2=O)=C(C(=O)Nc2ccccc2F)C1c1ccc(O)cc1. The van der Waals surface area contributed by atoms with Gasteiger partial charge in [0.05, 0.1) is 33.4 Å². The summed E-state index contributed by atoms with van der Waals surface area (Å²) >= 11 is 0.998. The molecule has 1 aliphatic heterocycles. The number of nitrogens with zero attached hydrogens (tertiary/aromatic N) is 2. The topological polar surface area (TPSA) is 141 Å². The van der Waals surface area contributed by atoms with E-state index < -0.39 is 23.2 Å². The van der Waals surface area contributed by atoms with Gasteiger partial charge in [-0.1, -0.05) is 36.4 Å². The van der Waals surface area contributed by atoms with E-state index in [2.05, 4.69) is 5.32 Å². The Labute approximate surface area is 219 Å². The van der Waals surface area contributed by atoms with Crippen molar-refractivity contribution in [1.82, 2.24) is 4.57 Å². The van der Waals surface area contributed by atoms with Crippen LogP contribution in [0.5, 0.6) is 11.5 Å². The highest BCUT2D eigenvalue weighted by molar-refractivity contribution is 7.07. The predicted octanol–water partition coefficient (Wildman–Crippen LogP) is 2.53. The maximum Gasteiger partial charge on any atom is 0.274 e. The molecule has 38 heavy (non-hydrogen) atoms. The Kier molecular flexibility index (Phi) is 6.28. The fraction of sp³-hybridized carbons (Fsp3) is 0.0357. The van der Waals surface area contributed by atoms with Crippen LogP contribution in [0, 0.1) is 17.1 Å².